The van der Waals surface area contributed by atoms with E-state index in [4.69, 9.17) is 0 Å². The van der Waals surface area contributed by atoms with E-state index in [1.54, 1.807) is 0 Å². The van der Waals surface area contributed by atoms with Crippen molar-refractivity contribution in [3.05, 3.63) is 4.91 Å². The molecule has 2 heteroatoms. The average Bonchev–Trinajstić information content (AvgIpc) is 2.92. The second-order valence-electron chi connectivity index (χ2n) is 12.4. The summed E-state index contributed by atoms with van der Waals surface area (Å²) in [5.41, 5.74) is -0.270. The minimum Gasteiger partial charge on any atom is -0.150 e. The van der Waals surface area contributed by atoms with Gasteiger partial charge in [0.1, 0.15) is 5.54 Å². The normalized spacial score (nSPS) is 11.9. The van der Waals surface area contributed by atoms with Crippen LogP contribution in [0, 0.1) is 4.91 Å². The number of hydrogen-bond donors (Lipinski definition) is 0. The van der Waals surface area contributed by atoms with Gasteiger partial charge in [-0.2, -0.15) is 4.91 Å². The molecule has 0 spiro atoms. The molecule has 0 saturated carbocycles. The Kier molecular flexibility index (Phi) is 29.8. The van der Waals surface area contributed by atoms with Crippen molar-refractivity contribution >= 4 is 0 Å². The van der Waals surface area contributed by atoms with E-state index in [1.807, 2.05) is 0 Å². The van der Waals surface area contributed by atoms with E-state index >= 15 is 0 Å². The van der Waals surface area contributed by atoms with Crippen LogP contribution in [0.2, 0.25) is 0 Å². The Balaban J connectivity index is 3.55. The number of nitroso groups, excluding NO2 is 1. The molecule has 37 heavy (non-hydrogen) atoms. The molecule has 0 fully saturated rings. The number of rotatable bonds is 32. The number of nitrogens with zero attached hydrogens (tertiary/aromatic N) is 1. The molecule has 2 nitrogen and oxygen atoms in total. The summed E-state index contributed by atoms with van der Waals surface area (Å²) < 4.78 is 0. The molecule has 0 rings (SSSR count). The molecule has 222 valence electrons. The van der Waals surface area contributed by atoms with Gasteiger partial charge in [0, 0.05) is 0 Å². The third-order valence-electron chi connectivity index (χ3n) is 8.84. The standard InChI is InChI=1S/C35H71NO/c1-4-7-9-11-13-15-17-19-21-23-25-27-29-31-33-35(6-3,36-37)34-32-30-28-26-24-22-20-18-16-14-12-10-8-5-2/h4-34H2,1-3H3. The van der Waals surface area contributed by atoms with Crippen LogP contribution in [0.25, 0.3) is 0 Å². The van der Waals surface area contributed by atoms with E-state index in [2.05, 4.69) is 25.9 Å². The third kappa shape index (κ3) is 25.6. The fourth-order valence-corrected chi connectivity index (χ4v) is 5.93. The van der Waals surface area contributed by atoms with E-state index in [1.165, 1.54) is 180 Å². The smallest absolute Gasteiger partial charge is 0.102 e. The second-order valence-corrected chi connectivity index (χ2v) is 12.4. The maximum atomic E-state index is 11.7. The first-order valence-corrected chi connectivity index (χ1v) is 17.6. The maximum absolute atomic E-state index is 11.7. The first-order valence-electron chi connectivity index (χ1n) is 17.6. The predicted octanol–water partition coefficient (Wildman–Crippen LogP) is 13.6. The van der Waals surface area contributed by atoms with Crippen molar-refractivity contribution in [2.75, 3.05) is 0 Å². The Labute approximate surface area is 235 Å². The molecule has 0 radical (unpaired) electrons. The highest BCUT2D eigenvalue weighted by atomic mass is 16.3. The summed E-state index contributed by atoms with van der Waals surface area (Å²) in [4.78, 5) is 11.7. The van der Waals surface area contributed by atoms with E-state index in [0.717, 1.165) is 19.3 Å². The fraction of sp³-hybridized carbons (Fsp3) is 1.00. The lowest BCUT2D eigenvalue weighted by Crippen LogP contribution is -2.24. The molecule has 0 N–H and O–H groups in total. The molecule has 0 aliphatic rings. The molecule has 0 aliphatic heterocycles. The third-order valence-corrected chi connectivity index (χ3v) is 8.84. The van der Waals surface area contributed by atoms with Crippen molar-refractivity contribution in [2.24, 2.45) is 5.18 Å². The summed E-state index contributed by atoms with van der Waals surface area (Å²) in [6.07, 6.45) is 41.8. The lowest BCUT2D eigenvalue weighted by Gasteiger charge is -2.25. The molecular formula is C35H71NO. The van der Waals surface area contributed by atoms with Gasteiger partial charge in [0.2, 0.25) is 0 Å². The summed E-state index contributed by atoms with van der Waals surface area (Å²) in [6, 6.07) is 0. The van der Waals surface area contributed by atoms with Crippen molar-refractivity contribution in [2.45, 2.75) is 225 Å². The molecule has 0 bridgehead atoms. The topological polar surface area (TPSA) is 29.4 Å². The van der Waals surface area contributed by atoms with Crippen molar-refractivity contribution in [3.8, 4) is 0 Å². The van der Waals surface area contributed by atoms with Crippen LogP contribution in [0.5, 0.6) is 0 Å². The van der Waals surface area contributed by atoms with Gasteiger partial charge in [0.15, 0.2) is 0 Å². The quantitative estimate of drug-likeness (QED) is 0.0639. The summed E-state index contributed by atoms with van der Waals surface area (Å²) >= 11 is 0. The predicted molar refractivity (Wildman–Crippen MR) is 169 cm³/mol. The first kappa shape index (κ1) is 36.6. The molecule has 0 heterocycles. The minimum atomic E-state index is -0.270. The molecular weight excluding hydrogens is 450 g/mol. The Morgan fingerprint density at radius 3 is 0.757 bits per heavy atom. The van der Waals surface area contributed by atoms with Gasteiger partial charge in [0.05, 0.1) is 0 Å². The van der Waals surface area contributed by atoms with Gasteiger partial charge in [0.25, 0.3) is 0 Å². The molecule has 0 saturated heterocycles. The highest BCUT2D eigenvalue weighted by Crippen LogP contribution is 2.30. The zero-order valence-electron chi connectivity index (χ0n) is 26.3. The maximum Gasteiger partial charge on any atom is 0.102 e. The minimum absolute atomic E-state index is 0.270. The Bertz CT molecular complexity index is 403. The molecule has 0 aliphatic carbocycles. The fourth-order valence-electron chi connectivity index (χ4n) is 5.93. The average molecular weight is 522 g/mol. The Morgan fingerprint density at radius 1 is 0.351 bits per heavy atom. The lowest BCUT2D eigenvalue weighted by molar-refractivity contribution is 0.324. The van der Waals surface area contributed by atoms with Gasteiger partial charge in [-0.25, -0.2) is 0 Å². The van der Waals surface area contributed by atoms with Crippen LogP contribution < -0.4 is 0 Å². The van der Waals surface area contributed by atoms with Crippen molar-refractivity contribution in [1.82, 2.24) is 0 Å². The van der Waals surface area contributed by atoms with Crippen LogP contribution in [-0.2, 0) is 0 Å². The van der Waals surface area contributed by atoms with Gasteiger partial charge in [-0.1, -0.05) is 206 Å². The van der Waals surface area contributed by atoms with Crippen LogP contribution in [0.15, 0.2) is 5.18 Å². The summed E-state index contributed by atoms with van der Waals surface area (Å²) in [6.45, 7) is 6.76. The Hall–Kier alpha value is -0.400. The monoisotopic (exact) mass is 522 g/mol. The SMILES string of the molecule is CCCCCCCCCCCCCCCCC(CC)(CCCCCCCCCCCCCCCC)N=O. The molecule has 0 aromatic rings. The van der Waals surface area contributed by atoms with Gasteiger partial charge in [-0.3, -0.25) is 0 Å². The molecule has 0 amide bonds. The first-order chi connectivity index (χ1) is 18.2. The summed E-state index contributed by atoms with van der Waals surface area (Å²) in [7, 11) is 0. The van der Waals surface area contributed by atoms with E-state index in [-0.39, 0.29) is 5.54 Å². The van der Waals surface area contributed by atoms with E-state index < -0.39 is 0 Å². The zero-order chi connectivity index (χ0) is 27.1. The van der Waals surface area contributed by atoms with Crippen molar-refractivity contribution in [3.63, 3.8) is 0 Å². The second kappa shape index (κ2) is 30.1. The number of hydrogen-bond acceptors (Lipinski definition) is 2. The zero-order valence-corrected chi connectivity index (χ0v) is 26.3. The van der Waals surface area contributed by atoms with Gasteiger partial charge < -0.3 is 0 Å². The van der Waals surface area contributed by atoms with Gasteiger partial charge >= 0.3 is 0 Å². The molecule has 0 aromatic heterocycles. The van der Waals surface area contributed by atoms with Crippen LogP contribution in [0.1, 0.15) is 220 Å². The van der Waals surface area contributed by atoms with Crippen LogP contribution >= 0.6 is 0 Å². The number of unbranched alkanes of at least 4 members (excludes halogenated alkanes) is 26. The highest BCUT2D eigenvalue weighted by molar-refractivity contribution is 4.86. The largest absolute Gasteiger partial charge is 0.150 e. The van der Waals surface area contributed by atoms with Crippen molar-refractivity contribution < 1.29 is 0 Å². The van der Waals surface area contributed by atoms with Crippen LogP contribution in [0.4, 0.5) is 0 Å². The summed E-state index contributed by atoms with van der Waals surface area (Å²) in [5, 5.41) is 3.69. The van der Waals surface area contributed by atoms with Crippen molar-refractivity contribution in [1.29, 1.82) is 0 Å². The molecule has 0 unspecified atom stereocenters. The van der Waals surface area contributed by atoms with Gasteiger partial charge in [-0.15, -0.1) is 0 Å². The van der Waals surface area contributed by atoms with E-state index in [9.17, 15) is 4.91 Å². The highest BCUT2D eigenvalue weighted by Gasteiger charge is 2.28. The molecule has 0 atom stereocenters. The van der Waals surface area contributed by atoms with E-state index in [0.29, 0.717) is 0 Å². The lowest BCUT2D eigenvalue weighted by atomic mass is 9.85. The summed E-state index contributed by atoms with van der Waals surface area (Å²) in [5.74, 6) is 0. The molecule has 0 aromatic carbocycles. The van der Waals surface area contributed by atoms with Crippen LogP contribution in [0.3, 0.4) is 0 Å². The van der Waals surface area contributed by atoms with Gasteiger partial charge in [-0.05, 0) is 19.3 Å². The van der Waals surface area contributed by atoms with Crippen LogP contribution in [-0.4, -0.2) is 5.54 Å². The Morgan fingerprint density at radius 2 is 0.568 bits per heavy atom.